The minimum atomic E-state index is 0.103. The first-order valence-corrected chi connectivity index (χ1v) is 7.69. The highest BCUT2D eigenvalue weighted by Crippen LogP contribution is 2.33. The number of aromatic nitrogens is 1. The Labute approximate surface area is 126 Å². The van der Waals surface area contributed by atoms with Gasteiger partial charge in [0, 0.05) is 24.3 Å². The van der Waals surface area contributed by atoms with E-state index in [-0.39, 0.29) is 6.04 Å². The van der Waals surface area contributed by atoms with E-state index in [2.05, 4.69) is 53.2 Å². The van der Waals surface area contributed by atoms with Gasteiger partial charge >= 0.3 is 0 Å². The van der Waals surface area contributed by atoms with Crippen molar-refractivity contribution in [2.45, 2.75) is 38.9 Å². The molecule has 1 heterocycles. The Bertz CT molecular complexity index is 623. The molecule has 2 N–H and O–H groups in total. The molecule has 110 valence electrons. The normalized spacial score (nSPS) is 20.8. The van der Waals surface area contributed by atoms with Gasteiger partial charge in [-0.15, -0.1) is 0 Å². The molecule has 0 saturated carbocycles. The average molecular weight is 281 g/mol. The first-order chi connectivity index (χ1) is 10.2. The zero-order valence-corrected chi connectivity index (χ0v) is 12.8. The van der Waals surface area contributed by atoms with E-state index in [1.807, 2.05) is 13.0 Å². The molecule has 1 aliphatic carbocycles. The van der Waals surface area contributed by atoms with Gasteiger partial charge < -0.3 is 5.73 Å². The van der Waals surface area contributed by atoms with Crippen molar-refractivity contribution in [3.05, 3.63) is 65.0 Å². The van der Waals surface area contributed by atoms with Crippen LogP contribution in [0.1, 0.15) is 35.5 Å². The quantitative estimate of drug-likeness (QED) is 0.937. The Morgan fingerprint density at radius 1 is 1.19 bits per heavy atom. The second-order valence-corrected chi connectivity index (χ2v) is 5.83. The van der Waals surface area contributed by atoms with E-state index in [1.54, 1.807) is 0 Å². The summed E-state index contributed by atoms with van der Waals surface area (Å²) in [4.78, 5) is 7.07. The molecule has 1 aromatic heterocycles. The molecule has 1 aromatic carbocycles. The molecule has 2 unspecified atom stereocenters. The van der Waals surface area contributed by atoms with E-state index in [1.165, 1.54) is 11.1 Å². The third-order valence-electron chi connectivity index (χ3n) is 4.44. The second-order valence-electron chi connectivity index (χ2n) is 5.83. The SMILES string of the molecule is CCN(Cc1cccc(C)n1)C1Cc2ccccc2C1N. The summed E-state index contributed by atoms with van der Waals surface area (Å²) >= 11 is 0. The predicted octanol–water partition coefficient (Wildman–Crippen LogP) is 2.84. The van der Waals surface area contributed by atoms with Gasteiger partial charge in [-0.2, -0.15) is 0 Å². The molecule has 0 spiro atoms. The van der Waals surface area contributed by atoms with E-state index >= 15 is 0 Å². The third-order valence-corrected chi connectivity index (χ3v) is 4.44. The van der Waals surface area contributed by atoms with Gasteiger partial charge in [0.15, 0.2) is 0 Å². The minimum absolute atomic E-state index is 0.103. The number of likely N-dealkylation sites (N-methyl/N-ethyl adjacent to an activating group) is 1. The molecule has 3 heteroatoms. The maximum atomic E-state index is 6.49. The van der Waals surface area contributed by atoms with Crippen LogP contribution in [0.25, 0.3) is 0 Å². The number of aryl methyl sites for hydroxylation is 1. The van der Waals surface area contributed by atoms with Crippen LogP contribution in [0.2, 0.25) is 0 Å². The Morgan fingerprint density at radius 3 is 2.71 bits per heavy atom. The fraction of sp³-hybridized carbons (Fsp3) is 0.389. The lowest BCUT2D eigenvalue weighted by Crippen LogP contribution is -2.40. The van der Waals surface area contributed by atoms with Crippen LogP contribution >= 0.6 is 0 Å². The average Bonchev–Trinajstić information content (AvgIpc) is 2.82. The molecule has 0 radical (unpaired) electrons. The van der Waals surface area contributed by atoms with Crippen LogP contribution in [0.4, 0.5) is 0 Å². The summed E-state index contributed by atoms with van der Waals surface area (Å²) in [5, 5.41) is 0. The standard InChI is InChI=1S/C18H23N3/c1-3-21(12-15-9-6-7-13(2)20-15)17-11-14-8-4-5-10-16(14)18(17)19/h4-10,17-18H,3,11-12,19H2,1-2H3. The van der Waals surface area contributed by atoms with Crippen LogP contribution in [0, 0.1) is 6.92 Å². The zero-order valence-electron chi connectivity index (χ0n) is 12.8. The molecule has 3 nitrogen and oxygen atoms in total. The summed E-state index contributed by atoms with van der Waals surface area (Å²) in [7, 11) is 0. The van der Waals surface area contributed by atoms with Crippen molar-refractivity contribution in [3.8, 4) is 0 Å². The highest BCUT2D eigenvalue weighted by atomic mass is 15.2. The molecular formula is C18H23N3. The molecule has 2 atom stereocenters. The predicted molar refractivity (Wildman–Crippen MR) is 85.9 cm³/mol. The lowest BCUT2D eigenvalue weighted by atomic mass is 10.1. The molecule has 3 rings (SSSR count). The molecule has 0 aliphatic heterocycles. The van der Waals surface area contributed by atoms with E-state index in [9.17, 15) is 0 Å². The maximum Gasteiger partial charge on any atom is 0.0547 e. The van der Waals surface area contributed by atoms with Gasteiger partial charge in [-0.3, -0.25) is 9.88 Å². The number of fused-ring (bicyclic) bond motifs is 1. The Balaban J connectivity index is 1.79. The number of hydrogen-bond donors (Lipinski definition) is 1. The number of hydrogen-bond acceptors (Lipinski definition) is 3. The lowest BCUT2D eigenvalue weighted by Gasteiger charge is -2.30. The fourth-order valence-electron chi connectivity index (χ4n) is 3.32. The summed E-state index contributed by atoms with van der Waals surface area (Å²) in [6, 6.07) is 15.2. The van der Waals surface area contributed by atoms with Crippen molar-refractivity contribution in [2.24, 2.45) is 5.73 Å². The van der Waals surface area contributed by atoms with Gasteiger partial charge in [-0.05, 0) is 43.1 Å². The number of benzene rings is 1. The van der Waals surface area contributed by atoms with Crippen LogP contribution in [-0.2, 0) is 13.0 Å². The molecular weight excluding hydrogens is 258 g/mol. The Morgan fingerprint density at radius 2 is 2.00 bits per heavy atom. The van der Waals surface area contributed by atoms with Gasteiger partial charge in [0.25, 0.3) is 0 Å². The van der Waals surface area contributed by atoms with Crippen LogP contribution in [-0.4, -0.2) is 22.5 Å². The fourth-order valence-corrected chi connectivity index (χ4v) is 3.32. The topological polar surface area (TPSA) is 42.2 Å². The zero-order chi connectivity index (χ0) is 14.8. The molecule has 0 bridgehead atoms. The van der Waals surface area contributed by atoms with E-state index in [0.29, 0.717) is 6.04 Å². The second kappa shape index (κ2) is 5.96. The molecule has 0 saturated heterocycles. The van der Waals surface area contributed by atoms with Gasteiger partial charge in [-0.25, -0.2) is 0 Å². The first-order valence-electron chi connectivity index (χ1n) is 7.69. The monoisotopic (exact) mass is 281 g/mol. The van der Waals surface area contributed by atoms with Gasteiger partial charge in [0.05, 0.1) is 5.69 Å². The number of pyridine rings is 1. The summed E-state index contributed by atoms with van der Waals surface area (Å²) in [6.45, 7) is 6.09. The number of nitrogens with zero attached hydrogens (tertiary/aromatic N) is 2. The Kier molecular flexibility index (Phi) is 4.04. The largest absolute Gasteiger partial charge is 0.323 e. The van der Waals surface area contributed by atoms with Crippen LogP contribution in [0.15, 0.2) is 42.5 Å². The van der Waals surface area contributed by atoms with E-state index in [4.69, 9.17) is 5.73 Å². The Hall–Kier alpha value is -1.71. The van der Waals surface area contributed by atoms with Gasteiger partial charge in [0.2, 0.25) is 0 Å². The van der Waals surface area contributed by atoms with Crippen molar-refractivity contribution in [1.29, 1.82) is 0 Å². The summed E-state index contributed by atoms with van der Waals surface area (Å²) < 4.78 is 0. The van der Waals surface area contributed by atoms with Crippen LogP contribution in [0.5, 0.6) is 0 Å². The molecule has 1 aliphatic rings. The van der Waals surface area contributed by atoms with Crippen molar-refractivity contribution in [1.82, 2.24) is 9.88 Å². The molecule has 0 fully saturated rings. The highest BCUT2D eigenvalue weighted by Gasteiger charge is 2.33. The minimum Gasteiger partial charge on any atom is -0.323 e. The van der Waals surface area contributed by atoms with Crippen LogP contribution < -0.4 is 5.73 Å². The first kappa shape index (κ1) is 14.2. The molecule has 21 heavy (non-hydrogen) atoms. The summed E-state index contributed by atoms with van der Waals surface area (Å²) in [6.07, 6.45) is 1.04. The van der Waals surface area contributed by atoms with Crippen molar-refractivity contribution < 1.29 is 0 Å². The van der Waals surface area contributed by atoms with Crippen molar-refractivity contribution in [3.63, 3.8) is 0 Å². The van der Waals surface area contributed by atoms with E-state index < -0.39 is 0 Å². The van der Waals surface area contributed by atoms with Crippen molar-refractivity contribution >= 4 is 0 Å². The maximum absolute atomic E-state index is 6.49. The van der Waals surface area contributed by atoms with Crippen LogP contribution in [0.3, 0.4) is 0 Å². The lowest BCUT2D eigenvalue weighted by molar-refractivity contribution is 0.178. The number of nitrogens with two attached hydrogens (primary N) is 1. The van der Waals surface area contributed by atoms with Gasteiger partial charge in [0.1, 0.15) is 0 Å². The third kappa shape index (κ3) is 2.85. The number of rotatable bonds is 4. The van der Waals surface area contributed by atoms with E-state index in [0.717, 1.165) is 30.9 Å². The highest BCUT2D eigenvalue weighted by molar-refractivity contribution is 5.37. The summed E-state index contributed by atoms with van der Waals surface area (Å²) in [5.41, 5.74) is 11.4. The van der Waals surface area contributed by atoms with Crippen molar-refractivity contribution in [2.75, 3.05) is 6.54 Å². The van der Waals surface area contributed by atoms with Gasteiger partial charge in [-0.1, -0.05) is 37.3 Å². The molecule has 0 amide bonds. The molecule has 2 aromatic rings. The summed E-state index contributed by atoms with van der Waals surface area (Å²) in [5.74, 6) is 0. The smallest absolute Gasteiger partial charge is 0.0547 e.